The first-order chi connectivity index (χ1) is 6.34. The maximum absolute atomic E-state index is 11.5. The molecule has 1 amide bonds. The van der Waals surface area contributed by atoms with Crippen molar-refractivity contribution in [3.8, 4) is 0 Å². The van der Waals surface area contributed by atoms with Gasteiger partial charge < -0.3 is 10.0 Å². The average Bonchev–Trinajstić information content (AvgIpc) is 2.32. The maximum atomic E-state index is 11.5. The van der Waals surface area contributed by atoms with Crippen LogP contribution >= 0.6 is 0 Å². The Hall–Kier alpha value is -0.570. The third-order valence-corrected chi connectivity index (χ3v) is 2.51. The van der Waals surface area contributed by atoms with Crippen LogP contribution in [0.5, 0.6) is 0 Å². The summed E-state index contributed by atoms with van der Waals surface area (Å²) >= 11 is 0. The molecule has 0 radical (unpaired) electrons. The van der Waals surface area contributed by atoms with Gasteiger partial charge in [-0.25, -0.2) is 0 Å². The number of hydrogen-bond acceptors (Lipinski definition) is 2. The minimum Gasteiger partial charge on any atom is -0.396 e. The Bertz CT molecular complexity index is 159. The zero-order valence-corrected chi connectivity index (χ0v) is 8.17. The summed E-state index contributed by atoms with van der Waals surface area (Å²) in [7, 11) is 0. The van der Waals surface area contributed by atoms with E-state index in [1.807, 2.05) is 4.90 Å². The molecule has 1 rings (SSSR count). The third kappa shape index (κ3) is 3.77. The molecule has 0 spiro atoms. The third-order valence-electron chi connectivity index (χ3n) is 2.51. The second-order valence-corrected chi connectivity index (χ2v) is 3.62. The lowest BCUT2D eigenvalue weighted by molar-refractivity contribution is -0.130. The number of hydrogen-bond donors (Lipinski definition) is 1. The van der Waals surface area contributed by atoms with Crippen LogP contribution in [0.25, 0.3) is 0 Å². The van der Waals surface area contributed by atoms with Gasteiger partial charge in [0.05, 0.1) is 0 Å². The fourth-order valence-electron chi connectivity index (χ4n) is 1.69. The summed E-state index contributed by atoms with van der Waals surface area (Å²) in [6.07, 6.45) is 5.84. The first-order valence-corrected chi connectivity index (χ1v) is 5.23. The molecule has 0 bridgehead atoms. The molecule has 1 saturated heterocycles. The molecule has 0 saturated carbocycles. The van der Waals surface area contributed by atoms with Crippen molar-refractivity contribution >= 4 is 5.91 Å². The number of unbranched alkanes of at least 4 members (excludes halogenated alkanes) is 1. The number of carbonyl (C=O) groups is 1. The Balaban J connectivity index is 2.24. The summed E-state index contributed by atoms with van der Waals surface area (Å²) in [5.41, 5.74) is 0. The maximum Gasteiger partial charge on any atom is 0.222 e. The van der Waals surface area contributed by atoms with Gasteiger partial charge in [-0.1, -0.05) is 6.42 Å². The van der Waals surface area contributed by atoms with E-state index in [2.05, 4.69) is 0 Å². The van der Waals surface area contributed by atoms with Crippen molar-refractivity contribution in [1.82, 2.24) is 4.90 Å². The molecule has 1 fully saturated rings. The van der Waals surface area contributed by atoms with E-state index in [0.29, 0.717) is 5.91 Å². The molecule has 0 aliphatic carbocycles. The predicted octanol–water partition coefficient (Wildman–Crippen LogP) is 1.16. The van der Waals surface area contributed by atoms with E-state index < -0.39 is 0 Å². The monoisotopic (exact) mass is 185 g/mol. The molecular formula is C10H19NO2. The van der Waals surface area contributed by atoms with Crippen molar-refractivity contribution < 1.29 is 9.90 Å². The van der Waals surface area contributed by atoms with Crippen molar-refractivity contribution in [3.63, 3.8) is 0 Å². The van der Waals surface area contributed by atoms with Gasteiger partial charge in [0.25, 0.3) is 0 Å². The lowest BCUT2D eigenvalue weighted by atomic mass is 10.2. The van der Waals surface area contributed by atoms with Gasteiger partial charge in [-0.15, -0.1) is 0 Å². The highest BCUT2D eigenvalue weighted by Crippen LogP contribution is 2.11. The Morgan fingerprint density at radius 2 is 2.08 bits per heavy atom. The fraction of sp³-hybridized carbons (Fsp3) is 0.900. The van der Waals surface area contributed by atoms with Crippen molar-refractivity contribution in [2.75, 3.05) is 19.7 Å². The number of amides is 1. The summed E-state index contributed by atoms with van der Waals surface area (Å²) in [5, 5.41) is 8.61. The number of aliphatic hydroxyl groups is 1. The first-order valence-electron chi connectivity index (χ1n) is 5.23. The second-order valence-electron chi connectivity index (χ2n) is 3.62. The van der Waals surface area contributed by atoms with Crippen LogP contribution < -0.4 is 0 Å². The quantitative estimate of drug-likeness (QED) is 0.668. The number of nitrogens with zero attached hydrogens (tertiary/aromatic N) is 1. The zero-order valence-electron chi connectivity index (χ0n) is 8.17. The van der Waals surface area contributed by atoms with Gasteiger partial charge in [0.1, 0.15) is 0 Å². The van der Waals surface area contributed by atoms with Crippen molar-refractivity contribution in [3.05, 3.63) is 0 Å². The van der Waals surface area contributed by atoms with Gasteiger partial charge in [-0.3, -0.25) is 4.79 Å². The topological polar surface area (TPSA) is 40.5 Å². The summed E-state index contributed by atoms with van der Waals surface area (Å²) in [4.78, 5) is 13.4. The van der Waals surface area contributed by atoms with Crippen LogP contribution in [0.2, 0.25) is 0 Å². The van der Waals surface area contributed by atoms with Crippen molar-refractivity contribution in [1.29, 1.82) is 0 Å². The number of rotatable bonds is 4. The summed E-state index contributed by atoms with van der Waals surface area (Å²) in [6, 6.07) is 0. The molecule has 3 heteroatoms. The normalized spacial score (nSPS) is 18.8. The van der Waals surface area contributed by atoms with Crippen molar-refractivity contribution in [2.45, 2.75) is 38.5 Å². The zero-order chi connectivity index (χ0) is 9.52. The molecule has 3 nitrogen and oxygen atoms in total. The lowest BCUT2D eigenvalue weighted by Crippen LogP contribution is -2.31. The Morgan fingerprint density at radius 3 is 2.85 bits per heavy atom. The molecule has 0 aromatic heterocycles. The van der Waals surface area contributed by atoms with E-state index in [9.17, 15) is 4.79 Å². The average molecular weight is 185 g/mol. The molecule has 0 atom stereocenters. The van der Waals surface area contributed by atoms with Crippen LogP contribution in [0.4, 0.5) is 0 Å². The molecule has 1 aliphatic rings. The highest BCUT2D eigenvalue weighted by molar-refractivity contribution is 5.76. The van der Waals surface area contributed by atoms with Crippen LogP contribution in [0.15, 0.2) is 0 Å². The standard InChI is InChI=1S/C10H19NO2/c12-9-5-4-8-11-7-3-1-2-6-10(11)13/h12H,1-9H2. The van der Waals surface area contributed by atoms with E-state index in [1.165, 1.54) is 6.42 Å². The number of carbonyl (C=O) groups excluding carboxylic acids is 1. The predicted molar refractivity (Wildman–Crippen MR) is 51.4 cm³/mol. The molecular weight excluding hydrogens is 166 g/mol. The lowest BCUT2D eigenvalue weighted by Gasteiger charge is -2.19. The summed E-state index contributed by atoms with van der Waals surface area (Å²) in [5.74, 6) is 0.301. The van der Waals surface area contributed by atoms with Crippen LogP contribution in [-0.4, -0.2) is 35.6 Å². The molecule has 1 N–H and O–H groups in total. The minimum atomic E-state index is 0.238. The number of likely N-dealkylation sites (tertiary alicyclic amines) is 1. The largest absolute Gasteiger partial charge is 0.396 e. The minimum absolute atomic E-state index is 0.238. The second kappa shape index (κ2) is 5.97. The molecule has 0 unspecified atom stereocenters. The molecule has 13 heavy (non-hydrogen) atoms. The molecule has 0 aromatic rings. The van der Waals surface area contributed by atoms with Crippen LogP contribution in [0.3, 0.4) is 0 Å². The van der Waals surface area contributed by atoms with Gasteiger partial charge in [0, 0.05) is 26.1 Å². The van der Waals surface area contributed by atoms with Gasteiger partial charge in [-0.05, 0) is 25.7 Å². The Morgan fingerprint density at radius 1 is 1.23 bits per heavy atom. The smallest absolute Gasteiger partial charge is 0.222 e. The van der Waals surface area contributed by atoms with E-state index in [-0.39, 0.29) is 6.61 Å². The fourth-order valence-corrected chi connectivity index (χ4v) is 1.69. The molecule has 76 valence electrons. The van der Waals surface area contributed by atoms with E-state index in [0.717, 1.165) is 45.2 Å². The molecule has 1 aliphatic heterocycles. The molecule has 1 heterocycles. The van der Waals surface area contributed by atoms with E-state index >= 15 is 0 Å². The van der Waals surface area contributed by atoms with Gasteiger partial charge in [0.15, 0.2) is 0 Å². The van der Waals surface area contributed by atoms with Crippen LogP contribution in [0.1, 0.15) is 38.5 Å². The first kappa shape index (κ1) is 10.5. The van der Waals surface area contributed by atoms with Gasteiger partial charge in [0.2, 0.25) is 5.91 Å². The van der Waals surface area contributed by atoms with E-state index in [1.54, 1.807) is 0 Å². The van der Waals surface area contributed by atoms with Gasteiger partial charge >= 0.3 is 0 Å². The van der Waals surface area contributed by atoms with Crippen LogP contribution in [0, 0.1) is 0 Å². The molecule has 0 aromatic carbocycles. The highest BCUT2D eigenvalue weighted by Gasteiger charge is 2.15. The summed E-state index contributed by atoms with van der Waals surface area (Å²) < 4.78 is 0. The van der Waals surface area contributed by atoms with E-state index in [4.69, 9.17) is 5.11 Å². The SMILES string of the molecule is O=C1CCCCCN1CCCCO. The van der Waals surface area contributed by atoms with Gasteiger partial charge in [-0.2, -0.15) is 0 Å². The Labute approximate surface area is 79.7 Å². The van der Waals surface area contributed by atoms with Crippen LogP contribution in [-0.2, 0) is 4.79 Å². The Kier molecular flexibility index (Phi) is 4.83. The summed E-state index contributed by atoms with van der Waals surface area (Å²) in [6.45, 7) is 1.99. The number of aliphatic hydroxyl groups excluding tert-OH is 1. The highest BCUT2D eigenvalue weighted by atomic mass is 16.2. The van der Waals surface area contributed by atoms with Crippen molar-refractivity contribution in [2.24, 2.45) is 0 Å².